The van der Waals surface area contributed by atoms with Crippen molar-refractivity contribution in [3.63, 3.8) is 0 Å². The first-order chi connectivity index (χ1) is 19.8. The number of carbonyl (C=O) groups is 2. The Morgan fingerprint density at radius 3 is 2.78 bits per heavy atom. The van der Waals surface area contributed by atoms with Crippen molar-refractivity contribution in [2.45, 2.75) is 6.10 Å². The second-order valence-corrected chi connectivity index (χ2v) is 10.3. The van der Waals surface area contributed by atoms with Crippen LogP contribution < -0.4 is 21.1 Å². The summed E-state index contributed by atoms with van der Waals surface area (Å²) in [5, 5.41) is 27.5. The van der Waals surface area contributed by atoms with E-state index in [1.54, 1.807) is 25.4 Å². The van der Waals surface area contributed by atoms with Crippen LogP contribution >= 0.6 is 11.3 Å². The van der Waals surface area contributed by atoms with Crippen LogP contribution in [-0.4, -0.2) is 57.9 Å². The Kier molecular flexibility index (Phi) is 8.02. The van der Waals surface area contributed by atoms with E-state index in [9.17, 15) is 14.7 Å². The number of aliphatic hydroxyl groups excluding tert-OH is 2. The fourth-order valence-electron chi connectivity index (χ4n) is 4.58. The van der Waals surface area contributed by atoms with Gasteiger partial charge in [0.1, 0.15) is 17.3 Å². The summed E-state index contributed by atoms with van der Waals surface area (Å²) in [6, 6.07) is 15.2. The van der Waals surface area contributed by atoms with Crippen LogP contribution in [0.2, 0.25) is 0 Å². The Morgan fingerprint density at radius 1 is 1.22 bits per heavy atom. The lowest BCUT2D eigenvalue weighted by Crippen LogP contribution is -2.32. The molecular weight excluding hydrogens is 542 g/mol. The van der Waals surface area contributed by atoms with Gasteiger partial charge < -0.3 is 35.9 Å². The lowest BCUT2D eigenvalue weighted by Gasteiger charge is -2.13. The van der Waals surface area contributed by atoms with E-state index in [-0.39, 0.29) is 12.5 Å². The molecule has 2 aromatic carbocycles. The van der Waals surface area contributed by atoms with Crippen molar-refractivity contribution in [1.29, 1.82) is 0 Å². The standard InChI is InChI=1S/C30H29N5O5S/c1-35-23-6-4-3-5-18(23)11-24(35)30(39)34-22-9-7-17(12-25(22)40-2)21-16-41-28-19(13-33-29(31)27(21)28)8-10-26(38)32-14-20(37)15-36/h3-13,16,20,36-37H,14-15H2,1-2H3,(H2,31,33)(H,32,38)(H,34,39). The molecule has 10 nitrogen and oxygen atoms in total. The zero-order valence-electron chi connectivity index (χ0n) is 22.4. The second kappa shape index (κ2) is 11.8. The van der Waals surface area contributed by atoms with Crippen LogP contribution in [0, 0.1) is 0 Å². The van der Waals surface area contributed by atoms with E-state index in [2.05, 4.69) is 15.6 Å². The van der Waals surface area contributed by atoms with E-state index in [1.807, 2.05) is 59.5 Å². The number of nitrogens with one attached hydrogen (secondary N) is 2. The van der Waals surface area contributed by atoms with Gasteiger partial charge in [0.25, 0.3) is 5.91 Å². The number of carbonyl (C=O) groups excluding carboxylic acids is 2. The van der Waals surface area contributed by atoms with Crippen molar-refractivity contribution in [2.75, 3.05) is 31.3 Å². The second-order valence-electron chi connectivity index (χ2n) is 9.38. The van der Waals surface area contributed by atoms with Gasteiger partial charge in [-0.05, 0) is 41.3 Å². The number of hydrogen-bond donors (Lipinski definition) is 5. The highest BCUT2D eigenvalue weighted by atomic mass is 32.1. The third kappa shape index (κ3) is 5.64. The SMILES string of the molecule is COc1cc(-c2csc3c(C=CC(=O)NCC(O)CO)cnc(N)c23)ccc1NC(=O)c1cc2ccccc2n1C. The fourth-order valence-corrected chi connectivity index (χ4v) is 5.66. The van der Waals surface area contributed by atoms with Gasteiger partial charge in [-0.3, -0.25) is 9.59 Å². The molecule has 11 heteroatoms. The average molecular weight is 572 g/mol. The maximum atomic E-state index is 13.2. The number of thiophene rings is 1. The molecule has 0 aliphatic heterocycles. The summed E-state index contributed by atoms with van der Waals surface area (Å²) in [7, 11) is 3.40. The summed E-state index contributed by atoms with van der Waals surface area (Å²) >= 11 is 1.46. The number of aliphatic hydroxyl groups is 2. The molecule has 0 bridgehead atoms. The molecule has 5 aromatic rings. The number of fused-ring (bicyclic) bond motifs is 2. The molecule has 1 atom stereocenters. The number of anilines is 2. The first-order valence-corrected chi connectivity index (χ1v) is 13.6. The van der Waals surface area contributed by atoms with Gasteiger partial charge >= 0.3 is 0 Å². The van der Waals surface area contributed by atoms with Crippen LogP contribution in [-0.2, 0) is 11.8 Å². The van der Waals surface area contributed by atoms with Crippen molar-refractivity contribution < 1.29 is 24.5 Å². The van der Waals surface area contributed by atoms with Crippen LogP contribution in [0.15, 0.2) is 66.2 Å². The van der Waals surface area contributed by atoms with Crippen LogP contribution in [0.4, 0.5) is 11.5 Å². The van der Waals surface area contributed by atoms with E-state index in [0.29, 0.717) is 28.5 Å². The van der Waals surface area contributed by atoms with E-state index in [0.717, 1.165) is 32.1 Å². The highest BCUT2D eigenvalue weighted by Crippen LogP contribution is 2.41. The minimum absolute atomic E-state index is 0.0571. The van der Waals surface area contributed by atoms with Gasteiger partial charge in [0.15, 0.2) is 0 Å². The molecule has 210 valence electrons. The predicted octanol–water partition coefficient (Wildman–Crippen LogP) is 3.78. The number of nitrogens with two attached hydrogens (primary N) is 1. The fraction of sp³-hybridized carbons (Fsp3) is 0.167. The van der Waals surface area contributed by atoms with E-state index in [1.165, 1.54) is 17.4 Å². The number of aromatic nitrogens is 2. The average Bonchev–Trinajstić information content (AvgIpc) is 3.58. The monoisotopic (exact) mass is 571 g/mol. The highest BCUT2D eigenvalue weighted by Gasteiger charge is 2.18. The number of hydrogen-bond acceptors (Lipinski definition) is 8. The molecule has 3 aromatic heterocycles. The molecule has 1 unspecified atom stereocenters. The van der Waals surface area contributed by atoms with Gasteiger partial charge in [-0.25, -0.2) is 4.98 Å². The zero-order valence-corrected chi connectivity index (χ0v) is 23.2. The Bertz CT molecular complexity index is 1790. The van der Waals surface area contributed by atoms with Crippen LogP contribution in [0.5, 0.6) is 5.75 Å². The number of pyridine rings is 1. The third-order valence-electron chi connectivity index (χ3n) is 6.73. The summed E-state index contributed by atoms with van der Waals surface area (Å²) in [5.74, 6) is 0.162. The molecule has 2 amide bonds. The van der Waals surface area contributed by atoms with E-state index >= 15 is 0 Å². The van der Waals surface area contributed by atoms with Crippen molar-refractivity contribution >= 4 is 61.7 Å². The molecule has 3 heterocycles. The summed E-state index contributed by atoms with van der Waals surface area (Å²) in [6.45, 7) is -0.495. The van der Waals surface area contributed by atoms with Gasteiger partial charge in [-0.1, -0.05) is 24.3 Å². The van der Waals surface area contributed by atoms with Gasteiger partial charge in [-0.2, -0.15) is 0 Å². The molecule has 0 fully saturated rings. The normalized spacial score (nSPS) is 12.2. The molecule has 5 rings (SSSR count). The lowest BCUT2D eigenvalue weighted by molar-refractivity contribution is -0.117. The number of methoxy groups -OCH3 is 1. The van der Waals surface area contributed by atoms with Gasteiger partial charge in [0, 0.05) is 58.0 Å². The van der Waals surface area contributed by atoms with E-state index in [4.69, 9.17) is 15.6 Å². The number of para-hydroxylation sites is 1. The van der Waals surface area contributed by atoms with Crippen LogP contribution in [0.1, 0.15) is 16.1 Å². The molecule has 6 N–H and O–H groups in total. The summed E-state index contributed by atoms with van der Waals surface area (Å²) in [4.78, 5) is 29.6. The molecule has 0 saturated carbocycles. The number of rotatable bonds is 9. The molecule has 41 heavy (non-hydrogen) atoms. The Hall–Kier alpha value is -4.71. The van der Waals surface area contributed by atoms with Crippen molar-refractivity contribution in [3.05, 3.63) is 77.4 Å². The number of nitrogens with zero attached hydrogens (tertiary/aromatic N) is 2. The maximum absolute atomic E-state index is 13.2. The van der Waals surface area contributed by atoms with Crippen molar-refractivity contribution in [2.24, 2.45) is 7.05 Å². The quantitative estimate of drug-likeness (QED) is 0.169. The number of ether oxygens (including phenoxy) is 1. The predicted molar refractivity (Wildman–Crippen MR) is 162 cm³/mol. The minimum atomic E-state index is -1.02. The topological polar surface area (TPSA) is 152 Å². The Morgan fingerprint density at radius 2 is 2.02 bits per heavy atom. The van der Waals surface area contributed by atoms with Gasteiger partial charge in [-0.15, -0.1) is 11.3 Å². The maximum Gasteiger partial charge on any atom is 0.272 e. The van der Waals surface area contributed by atoms with Crippen LogP contribution in [0.25, 0.3) is 38.2 Å². The smallest absolute Gasteiger partial charge is 0.272 e. The van der Waals surface area contributed by atoms with Gasteiger partial charge in [0.05, 0.1) is 25.5 Å². The summed E-state index contributed by atoms with van der Waals surface area (Å²) in [5.41, 5.74) is 10.7. The van der Waals surface area contributed by atoms with Crippen molar-refractivity contribution in [3.8, 4) is 16.9 Å². The first-order valence-electron chi connectivity index (χ1n) is 12.8. The minimum Gasteiger partial charge on any atom is -0.495 e. The van der Waals surface area contributed by atoms with E-state index < -0.39 is 18.6 Å². The molecular formula is C30H29N5O5S. The summed E-state index contributed by atoms with van der Waals surface area (Å²) < 4.78 is 8.34. The highest BCUT2D eigenvalue weighted by molar-refractivity contribution is 7.18. The molecule has 0 aliphatic carbocycles. The Labute approximate surface area is 239 Å². The largest absolute Gasteiger partial charge is 0.495 e. The van der Waals surface area contributed by atoms with Crippen molar-refractivity contribution in [1.82, 2.24) is 14.9 Å². The molecule has 0 spiro atoms. The Balaban J connectivity index is 1.41. The van der Waals surface area contributed by atoms with Crippen LogP contribution in [0.3, 0.4) is 0 Å². The number of amides is 2. The molecule has 0 radical (unpaired) electrons. The first kappa shape index (κ1) is 27.8. The molecule has 0 saturated heterocycles. The third-order valence-corrected chi connectivity index (χ3v) is 7.76. The zero-order chi connectivity index (χ0) is 29.1. The lowest BCUT2D eigenvalue weighted by atomic mass is 10.0. The number of benzene rings is 2. The molecule has 0 aliphatic rings. The number of nitrogen functional groups attached to an aromatic ring is 1. The number of aryl methyl sites for hydroxylation is 1. The van der Waals surface area contributed by atoms with Gasteiger partial charge in [0.2, 0.25) is 5.91 Å². The summed E-state index contributed by atoms with van der Waals surface area (Å²) in [6.07, 6.45) is 3.54.